The second-order valence-electron chi connectivity index (χ2n) is 14.7. The number of alkyl halides is 28. The Balaban J connectivity index is -0.000000577. The molecule has 0 atom stereocenters. The number of sulfonamides is 1. The van der Waals surface area contributed by atoms with Gasteiger partial charge in [0, 0.05) is 42.9 Å². The Labute approximate surface area is 405 Å². The first-order valence-corrected chi connectivity index (χ1v) is 22.9. The summed E-state index contributed by atoms with van der Waals surface area (Å²) in [6.07, 6.45) is -71.7. The van der Waals surface area contributed by atoms with Crippen LogP contribution in [0.5, 0.6) is 0 Å². The summed E-state index contributed by atoms with van der Waals surface area (Å²) in [5, 5.41) is 2.82. The highest BCUT2D eigenvalue weighted by molar-refractivity contribution is 8.13. The quantitative estimate of drug-likeness (QED) is 0.0677. The van der Waals surface area contributed by atoms with Gasteiger partial charge >= 0.3 is 61.3 Å². The van der Waals surface area contributed by atoms with Gasteiger partial charge in [0.1, 0.15) is 6.54 Å². The molecule has 0 aliphatic heterocycles. The van der Waals surface area contributed by atoms with Gasteiger partial charge in [-0.25, -0.2) is 34.4 Å². The van der Waals surface area contributed by atoms with E-state index in [-0.39, 0.29) is 17.7 Å². The molecule has 0 aliphatic carbocycles. The molecule has 0 saturated heterocycles. The van der Waals surface area contributed by atoms with Crippen molar-refractivity contribution in [3.8, 4) is 0 Å². The monoisotopic (exact) mass is 1230 g/mol. The van der Waals surface area contributed by atoms with E-state index in [0.717, 1.165) is 20.6 Å². The van der Waals surface area contributed by atoms with Crippen molar-refractivity contribution >= 4 is 41.7 Å². The molecule has 0 spiro atoms. The fraction of sp³-hybridized carbons (Fsp3) is 0.939. The Kier molecular flexibility index (Phi) is 28.4. The number of rotatable bonds is 21. The van der Waals surface area contributed by atoms with E-state index < -0.39 is 172 Å². The lowest BCUT2D eigenvalue weighted by molar-refractivity contribution is -0.358. The SMILES string of the molecule is C.CCN(CC(=O)OC)S(=O)(=O)CCC(CC(F)(C(F)(F)F)C(F)(F)F)CC(F)(C(F)(F)F)C(F)(F)F.CCNCC(=O)OC.O=S(=O)(Cl)CCC(CC(F)(C(F)(F)F)C(F)(F)F)CC(F)(C(F)(F)F)C(F)(F)F. The summed E-state index contributed by atoms with van der Waals surface area (Å²) in [4.78, 5) is 21.5. The molecule has 0 aromatic rings. The molecule has 448 valence electrons. The lowest BCUT2D eigenvalue weighted by Crippen LogP contribution is -2.57. The number of ether oxygens (including phenoxy) is 2. The molecule has 0 heterocycles. The number of hydrogen-bond donors (Lipinski definition) is 1. The molecule has 0 unspecified atom stereocenters. The van der Waals surface area contributed by atoms with Crippen molar-refractivity contribution in [1.82, 2.24) is 9.62 Å². The van der Waals surface area contributed by atoms with Crippen LogP contribution >= 0.6 is 10.7 Å². The number of carbonyl (C=O) groups excluding carboxylic acids is 2. The van der Waals surface area contributed by atoms with E-state index in [9.17, 15) is 149 Å². The van der Waals surface area contributed by atoms with Crippen LogP contribution in [0.1, 0.15) is 59.8 Å². The van der Waals surface area contributed by atoms with Crippen molar-refractivity contribution < 1.29 is 159 Å². The van der Waals surface area contributed by atoms with Crippen molar-refractivity contribution in [3.63, 3.8) is 0 Å². The summed E-state index contributed by atoms with van der Waals surface area (Å²) in [7, 11) is -3.10. The normalized spacial score (nSPS) is 14.5. The molecule has 0 saturated carbocycles. The van der Waals surface area contributed by atoms with Crippen LogP contribution in [0.25, 0.3) is 0 Å². The smallest absolute Gasteiger partial charge is 0.431 e. The van der Waals surface area contributed by atoms with Gasteiger partial charge in [0.15, 0.2) is 0 Å². The van der Waals surface area contributed by atoms with Crippen LogP contribution in [0.15, 0.2) is 0 Å². The lowest BCUT2D eigenvalue weighted by atomic mass is 9.81. The number of hydrogen-bond acceptors (Lipinski definition) is 9. The molecule has 10 nitrogen and oxygen atoms in total. The maximum atomic E-state index is 14.1. The van der Waals surface area contributed by atoms with Gasteiger partial charge < -0.3 is 14.8 Å². The highest BCUT2D eigenvalue weighted by atomic mass is 35.7. The van der Waals surface area contributed by atoms with E-state index in [0.29, 0.717) is 6.54 Å². The van der Waals surface area contributed by atoms with Gasteiger partial charge in [-0.2, -0.15) is 110 Å². The summed E-state index contributed by atoms with van der Waals surface area (Å²) in [5.74, 6) is -11.7. The van der Waals surface area contributed by atoms with Gasteiger partial charge in [-0.15, -0.1) is 0 Å². The summed E-state index contributed by atoms with van der Waals surface area (Å²) < 4.78 is 416. The molecular weight excluding hydrogens is 1180 g/mol. The highest BCUT2D eigenvalue weighted by Crippen LogP contribution is 2.57. The Morgan fingerprint density at radius 3 is 0.905 bits per heavy atom. The molecule has 0 radical (unpaired) electrons. The predicted octanol–water partition coefficient (Wildman–Crippen LogP) is 11.7. The summed E-state index contributed by atoms with van der Waals surface area (Å²) in [6, 6.07) is 0. The maximum Gasteiger partial charge on any atom is 0.431 e. The predicted molar refractivity (Wildman–Crippen MR) is 198 cm³/mol. The van der Waals surface area contributed by atoms with Crippen LogP contribution in [-0.4, -0.2) is 157 Å². The van der Waals surface area contributed by atoms with Gasteiger partial charge in [-0.05, 0) is 31.2 Å². The Morgan fingerprint density at radius 1 is 0.473 bits per heavy atom. The average Bonchev–Trinajstić information content (AvgIpc) is 3.16. The van der Waals surface area contributed by atoms with Crippen LogP contribution in [0, 0.1) is 11.8 Å². The summed E-state index contributed by atoms with van der Waals surface area (Å²) in [5.41, 5.74) is -25.5. The zero-order chi connectivity index (χ0) is 59.5. The zero-order valence-electron chi connectivity index (χ0n) is 36.6. The van der Waals surface area contributed by atoms with Gasteiger partial charge in [0.2, 0.25) is 19.1 Å². The van der Waals surface area contributed by atoms with Crippen molar-refractivity contribution in [2.75, 3.05) is 51.9 Å². The Morgan fingerprint density at radius 2 is 0.716 bits per heavy atom. The number of esters is 2. The van der Waals surface area contributed by atoms with E-state index in [4.69, 9.17) is 0 Å². The molecule has 0 bridgehead atoms. The van der Waals surface area contributed by atoms with E-state index in [1.807, 2.05) is 6.92 Å². The Hall–Kier alpha value is -2.91. The van der Waals surface area contributed by atoms with Crippen molar-refractivity contribution in [1.29, 1.82) is 0 Å². The van der Waals surface area contributed by atoms with E-state index in [1.54, 1.807) is 0 Å². The number of likely N-dealkylation sites (N-methyl/N-ethyl adjacent to an activating group) is 2. The molecule has 0 amide bonds. The molecule has 0 aromatic carbocycles. The minimum atomic E-state index is -6.93. The molecule has 0 rings (SSSR count). The summed E-state index contributed by atoms with van der Waals surface area (Å²) in [6.45, 7) is 2.39. The second-order valence-corrected chi connectivity index (χ2v) is 19.7. The third kappa shape index (κ3) is 21.8. The standard InChI is InChI=1S/C16H19F14NO4S.C11H9ClF14O2S.C5H11NO2.CH4/c1-3-31(8-10(32)35-2)36(33,34)5-4-9(6-11(17,13(19,20)21)14(22,23)24)7-12(18,15(25,26)27)16(28,29)30;12-29(27,28)2-1-5(3-6(13,8(15,16)17)9(18,19)20)4-7(14,10(21,22)23)11(24,25)26;1-3-6-4-5(7)8-2;/h9H,3-8H2,1-2H3;5H,1-4H2;6H,3-4H2,1-2H3;1H4. The van der Waals surface area contributed by atoms with Gasteiger partial charge in [-0.1, -0.05) is 21.3 Å². The first-order chi connectivity index (χ1) is 31.8. The van der Waals surface area contributed by atoms with E-state index >= 15 is 0 Å². The second kappa shape index (κ2) is 27.1. The van der Waals surface area contributed by atoms with E-state index in [1.165, 1.54) is 7.11 Å². The molecule has 0 aromatic heterocycles. The maximum absolute atomic E-state index is 14.1. The van der Waals surface area contributed by atoms with Gasteiger partial charge in [0.05, 0.1) is 32.3 Å². The fourth-order valence-electron chi connectivity index (χ4n) is 5.38. The molecule has 0 aliphatic rings. The lowest BCUT2D eigenvalue weighted by Gasteiger charge is -2.37. The topological polar surface area (TPSA) is 136 Å². The highest BCUT2D eigenvalue weighted by Gasteiger charge is 2.77. The van der Waals surface area contributed by atoms with E-state index in [2.05, 4.69) is 25.5 Å². The Bertz CT molecular complexity index is 1810. The molecule has 1 N–H and O–H groups in total. The number of carbonyl (C=O) groups is 2. The van der Waals surface area contributed by atoms with Crippen molar-refractivity contribution in [2.24, 2.45) is 11.8 Å². The average molecular weight is 1230 g/mol. The minimum Gasteiger partial charge on any atom is -0.468 e. The van der Waals surface area contributed by atoms with Crippen LogP contribution in [0.2, 0.25) is 0 Å². The first kappa shape index (κ1) is 77.6. The molecule has 41 heteroatoms. The van der Waals surface area contributed by atoms with Crippen molar-refractivity contribution in [2.45, 2.75) is 132 Å². The van der Waals surface area contributed by atoms with Gasteiger partial charge in [0.25, 0.3) is 22.7 Å². The molecule has 74 heavy (non-hydrogen) atoms. The third-order valence-electron chi connectivity index (χ3n) is 9.45. The fourth-order valence-corrected chi connectivity index (χ4v) is 7.85. The number of methoxy groups -OCH3 is 2. The zero-order valence-corrected chi connectivity index (χ0v) is 39.0. The van der Waals surface area contributed by atoms with Crippen LogP contribution in [0.3, 0.4) is 0 Å². The third-order valence-corrected chi connectivity index (χ3v) is 12.6. The summed E-state index contributed by atoms with van der Waals surface area (Å²) >= 11 is 0. The largest absolute Gasteiger partial charge is 0.468 e. The molecule has 0 fully saturated rings. The minimum absolute atomic E-state index is 0. The van der Waals surface area contributed by atoms with Gasteiger partial charge in [-0.3, -0.25) is 9.59 Å². The number of halogens is 29. The number of nitrogens with one attached hydrogen (secondary N) is 1. The van der Waals surface area contributed by atoms with Crippen LogP contribution < -0.4 is 5.32 Å². The molecular formula is C33H43ClF28N2O8S2. The van der Waals surface area contributed by atoms with Crippen LogP contribution in [-0.2, 0) is 38.1 Å². The van der Waals surface area contributed by atoms with Crippen LogP contribution in [0.4, 0.5) is 123 Å². The first-order valence-electron chi connectivity index (χ1n) is 18.8. The number of nitrogens with zero attached hydrogens (tertiary/aromatic N) is 1. The van der Waals surface area contributed by atoms with Crippen molar-refractivity contribution in [3.05, 3.63) is 0 Å².